The molecule has 0 unspecified atom stereocenters. The lowest BCUT2D eigenvalue weighted by Gasteiger charge is -2.20. The molecule has 96 valence electrons. The van der Waals surface area contributed by atoms with Crippen LogP contribution in [0, 0.1) is 0 Å². The third-order valence-corrected chi connectivity index (χ3v) is 3.00. The second-order valence-corrected chi connectivity index (χ2v) is 4.17. The molecule has 0 spiro atoms. The molecule has 1 aliphatic heterocycles. The van der Waals surface area contributed by atoms with E-state index in [4.69, 9.17) is 10.2 Å². The lowest BCUT2D eigenvalue weighted by Crippen LogP contribution is -2.36. The molecule has 0 aromatic rings. The van der Waals surface area contributed by atoms with Gasteiger partial charge in [-0.1, -0.05) is 12.8 Å². The fraction of sp³-hybridized carbons (Fsp3) is 0.909. The van der Waals surface area contributed by atoms with Gasteiger partial charge in [-0.2, -0.15) is 0 Å². The number of aliphatic carboxylic acids is 1. The number of rotatable bonds is 7. The molecule has 0 bridgehead atoms. The maximum absolute atomic E-state index is 10.9. The van der Waals surface area contributed by atoms with Crippen LogP contribution in [-0.4, -0.2) is 46.8 Å². The maximum Gasteiger partial charge on any atom is 0.320 e. The molecule has 0 aliphatic carbocycles. The Morgan fingerprint density at radius 2 is 1.94 bits per heavy atom. The van der Waals surface area contributed by atoms with Gasteiger partial charge in [0.2, 0.25) is 0 Å². The predicted octanol–water partition coefficient (Wildman–Crippen LogP) is 1.51. The molecular weight excluding hydrogens is 230 g/mol. The van der Waals surface area contributed by atoms with Crippen molar-refractivity contribution in [1.82, 2.24) is 4.90 Å². The molecule has 0 saturated carbocycles. The van der Waals surface area contributed by atoms with Crippen molar-refractivity contribution in [2.75, 3.05) is 19.7 Å². The highest BCUT2D eigenvalue weighted by Crippen LogP contribution is 2.18. The van der Waals surface area contributed by atoms with Crippen LogP contribution < -0.4 is 0 Å². The van der Waals surface area contributed by atoms with Crippen LogP contribution in [0.4, 0.5) is 0 Å². The van der Waals surface area contributed by atoms with E-state index in [1.165, 1.54) is 0 Å². The SMILES string of the molecule is Cl.O=C(O)[C@@H]1CCCN1CCCCCCO. The van der Waals surface area contributed by atoms with E-state index in [1.54, 1.807) is 0 Å². The normalized spacial score (nSPS) is 20.7. The summed E-state index contributed by atoms with van der Waals surface area (Å²) >= 11 is 0. The van der Waals surface area contributed by atoms with Gasteiger partial charge in [-0.15, -0.1) is 12.4 Å². The van der Waals surface area contributed by atoms with Crippen LogP contribution in [0.15, 0.2) is 0 Å². The Morgan fingerprint density at radius 1 is 1.25 bits per heavy atom. The second-order valence-electron chi connectivity index (χ2n) is 4.17. The summed E-state index contributed by atoms with van der Waals surface area (Å²) in [6, 6.07) is -0.247. The van der Waals surface area contributed by atoms with Crippen molar-refractivity contribution in [3.8, 4) is 0 Å². The lowest BCUT2D eigenvalue weighted by atomic mass is 10.2. The van der Waals surface area contributed by atoms with Gasteiger partial charge in [0.15, 0.2) is 0 Å². The first-order valence-electron chi connectivity index (χ1n) is 5.83. The monoisotopic (exact) mass is 251 g/mol. The molecule has 2 N–H and O–H groups in total. The van der Waals surface area contributed by atoms with Gasteiger partial charge in [0.25, 0.3) is 0 Å². The average Bonchev–Trinajstić information content (AvgIpc) is 2.66. The molecule has 0 aromatic heterocycles. The van der Waals surface area contributed by atoms with Gasteiger partial charge in [0.05, 0.1) is 0 Å². The molecule has 1 heterocycles. The number of halogens is 1. The standard InChI is InChI=1S/C11H21NO3.ClH/c13-9-4-2-1-3-7-12-8-5-6-10(12)11(14)15;/h10,13H,1-9H2,(H,14,15);1H/t10-;/m0./s1. The number of hydrogen-bond acceptors (Lipinski definition) is 3. The zero-order valence-electron chi connectivity index (χ0n) is 9.60. The minimum atomic E-state index is -0.678. The van der Waals surface area contributed by atoms with Gasteiger partial charge in [-0.05, 0) is 38.8 Å². The fourth-order valence-corrected chi connectivity index (χ4v) is 2.15. The van der Waals surface area contributed by atoms with Gasteiger partial charge in [-0.3, -0.25) is 9.69 Å². The van der Waals surface area contributed by atoms with Crippen LogP contribution in [0.25, 0.3) is 0 Å². The Bertz CT molecular complexity index is 202. The van der Waals surface area contributed by atoms with Crippen molar-refractivity contribution in [3.63, 3.8) is 0 Å². The number of hydrogen-bond donors (Lipinski definition) is 2. The largest absolute Gasteiger partial charge is 0.480 e. The molecule has 0 amide bonds. The number of likely N-dealkylation sites (tertiary alicyclic amines) is 1. The van der Waals surface area contributed by atoms with Gasteiger partial charge >= 0.3 is 5.97 Å². The summed E-state index contributed by atoms with van der Waals surface area (Å²) in [6.07, 6.45) is 5.84. The van der Waals surface area contributed by atoms with E-state index < -0.39 is 5.97 Å². The summed E-state index contributed by atoms with van der Waals surface area (Å²) in [5, 5.41) is 17.6. The predicted molar refractivity (Wildman–Crippen MR) is 65.0 cm³/mol. The van der Waals surface area contributed by atoms with Crippen LogP contribution in [0.2, 0.25) is 0 Å². The molecular formula is C11H22ClNO3. The van der Waals surface area contributed by atoms with Crippen LogP contribution in [0.3, 0.4) is 0 Å². The molecule has 16 heavy (non-hydrogen) atoms. The quantitative estimate of drug-likeness (QED) is 0.674. The van der Waals surface area contributed by atoms with Crippen LogP contribution in [0.5, 0.6) is 0 Å². The van der Waals surface area contributed by atoms with Crippen LogP contribution >= 0.6 is 12.4 Å². The summed E-state index contributed by atoms with van der Waals surface area (Å²) in [4.78, 5) is 12.9. The number of aliphatic hydroxyl groups excluding tert-OH is 1. The summed E-state index contributed by atoms with van der Waals surface area (Å²) in [6.45, 7) is 2.08. The number of aliphatic hydroxyl groups is 1. The highest BCUT2D eigenvalue weighted by Gasteiger charge is 2.29. The topological polar surface area (TPSA) is 60.8 Å². The zero-order valence-corrected chi connectivity index (χ0v) is 10.4. The molecule has 5 heteroatoms. The highest BCUT2D eigenvalue weighted by molar-refractivity contribution is 5.85. The molecule has 1 saturated heterocycles. The molecule has 1 rings (SSSR count). The van der Waals surface area contributed by atoms with Crippen molar-refractivity contribution in [3.05, 3.63) is 0 Å². The van der Waals surface area contributed by atoms with Gasteiger partial charge in [0, 0.05) is 6.61 Å². The summed E-state index contributed by atoms with van der Waals surface area (Å²) in [7, 11) is 0. The van der Waals surface area contributed by atoms with Crippen molar-refractivity contribution >= 4 is 18.4 Å². The van der Waals surface area contributed by atoms with E-state index in [1.807, 2.05) is 0 Å². The van der Waals surface area contributed by atoms with Crippen molar-refractivity contribution in [1.29, 1.82) is 0 Å². The number of carboxylic acids is 1. The maximum atomic E-state index is 10.9. The molecule has 4 nitrogen and oxygen atoms in total. The highest BCUT2D eigenvalue weighted by atomic mass is 35.5. The minimum Gasteiger partial charge on any atom is -0.480 e. The first-order chi connectivity index (χ1) is 7.25. The van der Waals surface area contributed by atoms with Gasteiger partial charge < -0.3 is 10.2 Å². The van der Waals surface area contributed by atoms with E-state index in [9.17, 15) is 4.79 Å². The third-order valence-electron chi connectivity index (χ3n) is 3.00. The Hall–Kier alpha value is -0.320. The first-order valence-corrected chi connectivity index (χ1v) is 5.83. The van der Waals surface area contributed by atoms with Crippen LogP contribution in [0.1, 0.15) is 38.5 Å². The molecule has 0 aromatic carbocycles. The van der Waals surface area contributed by atoms with Crippen molar-refractivity contribution < 1.29 is 15.0 Å². The third kappa shape index (κ3) is 5.14. The zero-order chi connectivity index (χ0) is 11.1. The smallest absolute Gasteiger partial charge is 0.320 e. The molecule has 0 radical (unpaired) electrons. The van der Waals surface area contributed by atoms with E-state index in [2.05, 4.69) is 4.90 Å². The van der Waals surface area contributed by atoms with E-state index in [0.717, 1.165) is 51.6 Å². The van der Waals surface area contributed by atoms with E-state index in [-0.39, 0.29) is 25.1 Å². The Morgan fingerprint density at radius 3 is 2.56 bits per heavy atom. The van der Waals surface area contributed by atoms with Crippen molar-refractivity contribution in [2.24, 2.45) is 0 Å². The number of carbonyl (C=O) groups is 1. The second kappa shape index (κ2) is 8.79. The number of nitrogens with zero attached hydrogens (tertiary/aromatic N) is 1. The van der Waals surface area contributed by atoms with Gasteiger partial charge in [-0.25, -0.2) is 0 Å². The Balaban J connectivity index is 0.00000225. The molecule has 1 aliphatic rings. The van der Waals surface area contributed by atoms with Gasteiger partial charge in [0.1, 0.15) is 6.04 Å². The average molecular weight is 252 g/mol. The first kappa shape index (κ1) is 15.7. The number of carboxylic acid groups (broad SMARTS) is 1. The summed E-state index contributed by atoms with van der Waals surface area (Å²) in [5.74, 6) is -0.678. The molecule has 1 atom stereocenters. The van der Waals surface area contributed by atoms with E-state index >= 15 is 0 Å². The lowest BCUT2D eigenvalue weighted by molar-refractivity contribution is -0.142. The Kier molecular flexibility index (Phi) is 8.61. The van der Waals surface area contributed by atoms with Crippen molar-refractivity contribution in [2.45, 2.75) is 44.6 Å². The molecule has 1 fully saturated rings. The summed E-state index contributed by atoms with van der Waals surface area (Å²) < 4.78 is 0. The minimum absolute atomic E-state index is 0. The van der Waals surface area contributed by atoms with E-state index in [0.29, 0.717) is 0 Å². The van der Waals surface area contributed by atoms with Crippen LogP contribution in [-0.2, 0) is 4.79 Å². The fourth-order valence-electron chi connectivity index (χ4n) is 2.15. The summed E-state index contributed by atoms with van der Waals surface area (Å²) in [5.41, 5.74) is 0. The number of unbranched alkanes of at least 4 members (excludes halogenated alkanes) is 3. The Labute approximate surface area is 103 Å².